The highest BCUT2D eigenvalue weighted by Gasteiger charge is 2.42. The average Bonchev–Trinajstić information content (AvgIpc) is 3.66. The topological polar surface area (TPSA) is 98.1 Å². The number of carbonyl (C=O) groups excluding carboxylic acids is 1. The Hall–Kier alpha value is -5.83. The van der Waals surface area contributed by atoms with E-state index in [1.807, 2.05) is 83.9 Å². The van der Waals surface area contributed by atoms with E-state index in [1.54, 1.807) is 18.1 Å². The maximum absolute atomic E-state index is 13.7. The van der Waals surface area contributed by atoms with Crippen LogP contribution in [0.25, 0.3) is 22.5 Å². The van der Waals surface area contributed by atoms with Gasteiger partial charge in [-0.05, 0) is 69.8 Å². The number of likely N-dealkylation sites (tertiary alicyclic amines) is 1. The van der Waals surface area contributed by atoms with Gasteiger partial charge < -0.3 is 15.0 Å². The monoisotopic (exact) mass is 677 g/mol. The third-order valence-electron chi connectivity index (χ3n) is 9.61. The highest BCUT2D eigenvalue weighted by Crippen LogP contribution is 2.45. The molecule has 1 saturated heterocycles. The first-order chi connectivity index (χ1) is 24.8. The van der Waals surface area contributed by atoms with Gasteiger partial charge in [-0.15, -0.1) is 15.0 Å². The molecule has 1 aliphatic heterocycles. The van der Waals surface area contributed by atoms with Crippen molar-refractivity contribution in [3.05, 3.63) is 144 Å². The van der Waals surface area contributed by atoms with Gasteiger partial charge in [0.15, 0.2) is 5.54 Å². The molecule has 0 bridgehead atoms. The highest BCUT2D eigenvalue weighted by atomic mass is 16.5. The van der Waals surface area contributed by atoms with Gasteiger partial charge in [-0.2, -0.15) is 0 Å². The van der Waals surface area contributed by atoms with Gasteiger partial charge >= 0.3 is 6.03 Å². The second-order valence-corrected chi connectivity index (χ2v) is 14.0. The SMILES string of the molecule is COc1cncc(-c2ccc(NC(=O)N3CCCCC3)c(C(C)(C)C)c2-c2nnn(C(c3ccccc3)(c3ccccc3)c3ccccc3)n2)c1. The summed E-state index contributed by atoms with van der Waals surface area (Å²) < 4.78 is 5.59. The normalized spacial score (nSPS) is 13.5. The number of nitrogens with one attached hydrogen (secondary N) is 1. The molecule has 1 fully saturated rings. The summed E-state index contributed by atoms with van der Waals surface area (Å²) in [6, 6.07) is 36.7. The van der Waals surface area contributed by atoms with E-state index < -0.39 is 11.0 Å². The Morgan fingerprint density at radius 2 is 1.35 bits per heavy atom. The van der Waals surface area contributed by atoms with Crippen molar-refractivity contribution in [2.75, 3.05) is 25.5 Å². The number of carbonyl (C=O) groups is 1. The third-order valence-corrected chi connectivity index (χ3v) is 9.61. The summed E-state index contributed by atoms with van der Waals surface area (Å²) in [6.45, 7) is 7.91. The molecule has 1 N–H and O–H groups in total. The summed E-state index contributed by atoms with van der Waals surface area (Å²) >= 11 is 0. The molecule has 1 aliphatic rings. The van der Waals surface area contributed by atoms with Gasteiger partial charge in [-0.25, -0.2) is 4.79 Å². The molecule has 0 aliphatic carbocycles. The van der Waals surface area contributed by atoms with Gasteiger partial charge in [0.2, 0.25) is 5.82 Å². The Morgan fingerprint density at radius 1 is 0.765 bits per heavy atom. The molecule has 0 saturated carbocycles. The lowest BCUT2D eigenvalue weighted by Crippen LogP contribution is -2.39. The number of ether oxygens (including phenoxy) is 1. The van der Waals surface area contributed by atoms with Crippen molar-refractivity contribution in [1.29, 1.82) is 0 Å². The molecule has 0 radical (unpaired) electrons. The maximum Gasteiger partial charge on any atom is 0.321 e. The minimum Gasteiger partial charge on any atom is -0.495 e. The number of rotatable bonds is 8. The summed E-state index contributed by atoms with van der Waals surface area (Å²) in [4.78, 5) is 21.8. The quantitative estimate of drug-likeness (QED) is 0.162. The molecule has 9 nitrogen and oxygen atoms in total. The molecular formula is C42H43N7O2. The lowest BCUT2D eigenvalue weighted by molar-refractivity contribution is 0.200. The first-order valence-corrected chi connectivity index (χ1v) is 17.5. The smallest absolute Gasteiger partial charge is 0.321 e. The van der Waals surface area contributed by atoms with E-state index in [-0.39, 0.29) is 6.03 Å². The van der Waals surface area contributed by atoms with E-state index in [2.05, 4.69) is 67.5 Å². The standard InChI is InChI=1S/C42H43N7O2/c1-41(2,3)38-36(44-40(50)48-25-15-8-16-26-48)24-23-35(30-27-34(51-4)29-43-28-30)37(38)39-45-47-49(46-39)42(31-17-9-5-10-18-31,32-19-11-6-12-20-32)33-21-13-7-14-22-33/h5-7,9-14,17-24,27-29H,8,15-16,25-26H2,1-4H3,(H,44,50). The molecule has 7 rings (SSSR count). The number of pyridine rings is 1. The summed E-state index contributed by atoms with van der Waals surface area (Å²) in [5.74, 6) is 1.06. The summed E-state index contributed by atoms with van der Waals surface area (Å²) in [5.41, 5.74) is 5.64. The van der Waals surface area contributed by atoms with Gasteiger partial charge in [-0.3, -0.25) is 4.98 Å². The second kappa shape index (κ2) is 14.2. The van der Waals surface area contributed by atoms with E-state index in [9.17, 15) is 4.79 Å². The lowest BCUT2D eigenvalue weighted by atomic mass is 9.77. The van der Waals surface area contributed by atoms with Crippen molar-refractivity contribution in [3.8, 4) is 28.3 Å². The zero-order valence-electron chi connectivity index (χ0n) is 29.6. The first kappa shape index (κ1) is 33.7. The molecule has 4 aromatic carbocycles. The molecule has 258 valence electrons. The number of tetrazole rings is 1. The number of hydrogen-bond donors (Lipinski definition) is 1. The number of methoxy groups -OCH3 is 1. The van der Waals surface area contributed by atoms with Gasteiger partial charge in [-0.1, -0.05) is 118 Å². The van der Waals surface area contributed by atoms with Crippen LogP contribution < -0.4 is 10.1 Å². The van der Waals surface area contributed by atoms with Crippen LogP contribution in [0.15, 0.2) is 122 Å². The third kappa shape index (κ3) is 6.47. The largest absolute Gasteiger partial charge is 0.495 e. The minimum absolute atomic E-state index is 0.102. The fourth-order valence-corrected chi connectivity index (χ4v) is 7.27. The number of benzene rings is 4. The van der Waals surface area contributed by atoms with Gasteiger partial charge in [0.25, 0.3) is 0 Å². The number of aromatic nitrogens is 5. The Labute approximate surface area is 299 Å². The van der Waals surface area contributed by atoms with Crippen LogP contribution in [0, 0.1) is 0 Å². The maximum atomic E-state index is 13.7. The van der Waals surface area contributed by atoms with E-state index in [1.165, 1.54) is 0 Å². The molecule has 51 heavy (non-hydrogen) atoms. The molecule has 0 spiro atoms. The number of anilines is 1. The van der Waals surface area contributed by atoms with Gasteiger partial charge in [0.05, 0.1) is 13.3 Å². The van der Waals surface area contributed by atoms with Crippen LogP contribution in [-0.4, -0.2) is 56.3 Å². The lowest BCUT2D eigenvalue weighted by Gasteiger charge is -2.34. The van der Waals surface area contributed by atoms with Crippen LogP contribution in [0.1, 0.15) is 62.3 Å². The van der Waals surface area contributed by atoms with Crippen LogP contribution in [0.4, 0.5) is 10.5 Å². The van der Waals surface area contributed by atoms with E-state index in [0.29, 0.717) is 17.3 Å². The molecule has 3 heterocycles. The number of amides is 2. The Kier molecular flexibility index (Phi) is 9.36. The van der Waals surface area contributed by atoms with E-state index in [4.69, 9.17) is 20.1 Å². The van der Waals surface area contributed by atoms with E-state index in [0.717, 1.165) is 71.3 Å². The van der Waals surface area contributed by atoms with Crippen LogP contribution in [-0.2, 0) is 11.0 Å². The minimum atomic E-state index is -0.950. The number of urea groups is 1. The molecule has 0 unspecified atom stereocenters. The Balaban J connectivity index is 1.49. The molecule has 2 amide bonds. The predicted molar refractivity (Wildman–Crippen MR) is 201 cm³/mol. The van der Waals surface area contributed by atoms with Crippen molar-refractivity contribution in [3.63, 3.8) is 0 Å². The van der Waals surface area contributed by atoms with Gasteiger partial charge in [0.1, 0.15) is 5.75 Å². The zero-order valence-corrected chi connectivity index (χ0v) is 29.6. The first-order valence-electron chi connectivity index (χ1n) is 17.5. The summed E-state index contributed by atoms with van der Waals surface area (Å²) in [6.07, 6.45) is 6.65. The average molecular weight is 678 g/mol. The van der Waals surface area contributed by atoms with Crippen molar-refractivity contribution in [2.45, 2.75) is 51.0 Å². The number of hydrogen-bond acceptors (Lipinski definition) is 6. The molecular weight excluding hydrogens is 635 g/mol. The van der Waals surface area contributed by atoms with Crippen LogP contribution >= 0.6 is 0 Å². The molecule has 2 aromatic heterocycles. The summed E-state index contributed by atoms with van der Waals surface area (Å²) in [7, 11) is 1.63. The van der Waals surface area contributed by atoms with Crippen molar-refractivity contribution in [2.24, 2.45) is 0 Å². The predicted octanol–water partition coefficient (Wildman–Crippen LogP) is 8.57. The van der Waals surface area contributed by atoms with Crippen LogP contribution in [0.5, 0.6) is 5.75 Å². The van der Waals surface area contributed by atoms with E-state index >= 15 is 0 Å². The zero-order chi connectivity index (χ0) is 35.4. The van der Waals surface area contributed by atoms with Crippen molar-refractivity contribution in [1.82, 2.24) is 30.1 Å². The van der Waals surface area contributed by atoms with Crippen molar-refractivity contribution >= 4 is 11.7 Å². The van der Waals surface area contributed by atoms with Crippen LogP contribution in [0.3, 0.4) is 0 Å². The Bertz CT molecular complexity index is 2010. The second-order valence-electron chi connectivity index (χ2n) is 14.0. The van der Waals surface area contributed by atoms with Crippen LogP contribution in [0.2, 0.25) is 0 Å². The highest BCUT2D eigenvalue weighted by molar-refractivity contribution is 5.95. The molecule has 9 heteroatoms. The van der Waals surface area contributed by atoms with Crippen molar-refractivity contribution < 1.29 is 9.53 Å². The number of nitrogens with zero attached hydrogens (tertiary/aromatic N) is 6. The fraction of sp³-hybridized carbons (Fsp3) is 0.262. The number of piperidine rings is 1. The molecule has 0 atom stereocenters. The van der Waals surface area contributed by atoms with Gasteiger partial charge in [0, 0.05) is 36.1 Å². The fourth-order valence-electron chi connectivity index (χ4n) is 7.27. The molecule has 6 aromatic rings. The summed E-state index contributed by atoms with van der Waals surface area (Å²) in [5, 5.41) is 18.3. The Morgan fingerprint density at radius 3 is 1.90 bits per heavy atom.